The normalized spacial score (nSPS) is 10.8. The van der Waals surface area contributed by atoms with Gasteiger partial charge in [-0.1, -0.05) is 18.2 Å². The Bertz CT molecular complexity index is 539. The van der Waals surface area contributed by atoms with Crippen LogP contribution < -0.4 is 5.43 Å². The number of hydrazone groups is 1. The molecule has 0 amide bonds. The summed E-state index contributed by atoms with van der Waals surface area (Å²) in [4.78, 5) is 0. The number of nitrogens with zero attached hydrogens (tertiary/aromatic N) is 1. The largest absolute Gasteiger partial charge is 0.507 e. The van der Waals surface area contributed by atoms with Crippen molar-refractivity contribution in [3.63, 3.8) is 0 Å². The molecule has 0 saturated heterocycles. The Hall–Kier alpha value is -2.29. The molecule has 0 saturated carbocycles. The first-order chi connectivity index (χ1) is 8.66. The second-order valence-electron chi connectivity index (χ2n) is 4.24. The number of anilines is 1. The van der Waals surface area contributed by atoms with Gasteiger partial charge in [0.05, 0.1) is 11.9 Å². The molecule has 0 bridgehead atoms. The van der Waals surface area contributed by atoms with Crippen LogP contribution in [0, 0.1) is 13.8 Å². The van der Waals surface area contributed by atoms with Gasteiger partial charge in [-0.15, -0.1) is 0 Å². The van der Waals surface area contributed by atoms with E-state index in [4.69, 9.17) is 0 Å². The van der Waals surface area contributed by atoms with Crippen LogP contribution in [0.5, 0.6) is 5.75 Å². The number of phenols is 1. The Morgan fingerprint density at radius 2 is 1.67 bits per heavy atom. The molecular formula is C15H16N2O. The van der Waals surface area contributed by atoms with Crippen molar-refractivity contribution in [1.82, 2.24) is 0 Å². The predicted molar refractivity (Wildman–Crippen MR) is 75.2 cm³/mol. The van der Waals surface area contributed by atoms with E-state index in [0.29, 0.717) is 5.75 Å². The molecule has 0 unspecified atom stereocenters. The molecule has 3 nitrogen and oxygen atoms in total. The van der Waals surface area contributed by atoms with Gasteiger partial charge < -0.3 is 5.11 Å². The summed E-state index contributed by atoms with van der Waals surface area (Å²) in [6, 6.07) is 13.6. The third-order valence-electron chi connectivity index (χ3n) is 2.69. The molecular weight excluding hydrogens is 224 g/mol. The third-order valence-corrected chi connectivity index (χ3v) is 2.69. The van der Waals surface area contributed by atoms with E-state index in [0.717, 1.165) is 22.4 Å². The van der Waals surface area contributed by atoms with E-state index < -0.39 is 0 Å². The van der Waals surface area contributed by atoms with Gasteiger partial charge in [-0.05, 0) is 54.8 Å². The standard InChI is InChI=1S/C15H16N2O/c1-11-8-13(9-12(2)15(11)18)10-16-17-14-6-4-3-5-7-14/h3-10,17-18H,1-2H3. The zero-order valence-electron chi connectivity index (χ0n) is 10.5. The summed E-state index contributed by atoms with van der Waals surface area (Å²) in [6.07, 6.45) is 1.74. The van der Waals surface area contributed by atoms with E-state index in [1.54, 1.807) is 6.21 Å². The molecule has 0 aromatic heterocycles. The molecule has 0 heterocycles. The highest BCUT2D eigenvalue weighted by molar-refractivity contribution is 5.81. The minimum absolute atomic E-state index is 0.350. The van der Waals surface area contributed by atoms with Crippen LogP contribution in [0.4, 0.5) is 5.69 Å². The maximum atomic E-state index is 9.67. The SMILES string of the molecule is Cc1cc(C=NNc2ccccc2)cc(C)c1O. The van der Waals surface area contributed by atoms with Gasteiger partial charge >= 0.3 is 0 Å². The van der Waals surface area contributed by atoms with Crippen LogP contribution in [0.1, 0.15) is 16.7 Å². The Morgan fingerprint density at radius 3 is 2.28 bits per heavy atom. The molecule has 2 rings (SSSR count). The Balaban J connectivity index is 2.10. The van der Waals surface area contributed by atoms with Crippen molar-refractivity contribution in [3.8, 4) is 5.75 Å². The summed E-state index contributed by atoms with van der Waals surface area (Å²) in [5.41, 5.74) is 6.58. The Morgan fingerprint density at radius 1 is 1.06 bits per heavy atom. The second kappa shape index (κ2) is 5.36. The fourth-order valence-corrected chi connectivity index (χ4v) is 1.76. The molecule has 0 fully saturated rings. The quantitative estimate of drug-likeness (QED) is 0.637. The molecule has 0 spiro atoms. The minimum Gasteiger partial charge on any atom is -0.507 e. The minimum atomic E-state index is 0.350. The van der Waals surface area contributed by atoms with Gasteiger partial charge in [0.15, 0.2) is 0 Å². The van der Waals surface area contributed by atoms with E-state index in [9.17, 15) is 5.11 Å². The molecule has 2 aromatic rings. The molecule has 92 valence electrons. The number of aromatic hydroxyl groups is 1. The summed E-state index contributed by atoms with van der Waals surface area (Å²) in [7, 11) is 0. The number of phenolic OH excluding ortho intramolecular Hbond substituents is 1. The van der Waals surface area contributed by atoms with Crippen molar-refractivity contribution in [2.24, 2.45) is 5.10 Å². The van der Waals surface area contributed by atoms with Crippen molar-refractivity contribution < 1.29 is 5.11 Å². The summed E-state index contributed by atoms with van der Waals surface area (Å²) in [5, 5.41) is 13.8. The lowest BCUT2D eigenvalue weighted by Gasteiger charge is -2.04. The lowest BCUT2D eigenvalue weighted by molar-refractivity contribution is 0.467. The van der Waals surface area contributed by atoms with Gasteiger partial charge in [0.1, 0.15) is 5.75 Å². The number of hydrogen-bond acceptors (Lipinski definition) is 3. The number of hydrogen-bond donors (Lipinski definition) is 2. The zero-order chi connectivity index (χ0) is 13.0. The highest BCUT2D eigenvalue weighted by Crippen LogP contribution is 2.22. The molecule has 2 aromatic carbocycles. The van der Waals surface area contributed by atoms with Gasteiger partial charge in [-0.25, -0.2) is 0 Å². The van der Waals surface area contributed by atoms with Crippen LogP contribution in [0.3, 0.4) is 0 Å². The summed E-state index contributed by atoms with van der Waals surface area (Å²) < 4.78 is 0. The maximum absolute atomic E-state index is 9.67. The first-order valence-corrected chi connectivity index (χ1v) is 5.81. The molecule has 0 atom stereocenters. The monoisotopic (exact) mass is 240 g/mol. The number of rotatable bonds is 3. The summed E-state index contributed by atoms with van der Waals surface area (Å²) in [6.45, 7) is 3.76. The fraction of sp³-hybridized carbons (Fsp3) is 0.133. The van der Waals surface area contributed by atoms with E-state index in [1.165, 1.54) is 0 Å². The lowest BCUT2D eigenvalue weighted by Crippen LogP contribution is -1.92. The van der Waals surface area contributed by atoms with Gasteiger partial charge in [-0.2, -0.15) is 5.10 Å². The van der Waals surface area contributed by atoms with Crippen molar-refractivity contribution in [1.29, 1.82) is 0 Å². The van der Waals surface area contributed by atoms with Crippen LogP contribution in [0.15, 0.2) is 47.6 Å². The van der Waals surface area contributed by atoms with Crippen LogP contribution in [0.25, 0.3) is 0 Å². The number of para-hydroxylation sites is 1. The fourth-order valence-electron chi connectivity index (χ4n) is 1.76. The van der Waals surface area contributed by atoms with E-state index in [1.807, 2.05) is 56.3 Å². The lowest BCUT2D eigenvalue weighted by atomic mass is 10.1. The first-order valence-electron chi connectivity index (χ1n) is 5.81. The maximum Gasteiger partial charge on any atom is 0.121 e. The van der Waals surface area contributed by atoms with Gasteiger partial charge in [0, 0.05) is 0 Å². The predicted octanol–water partition coefficient (Wildman–Crippen LogP) is 3.46. The molecule has 2 N–H and O–H groups in total. The molecule has 0 radical (unpaired) electrons. The van der Waals surface area contributed by atoms with E-state index in [2.05, 4.69) is 10.5 Å². The number of nitrogens with one attached hydrogen (secondary N) is 1. The van der Waals surface area contributed by atoms with Crippen molar-refractivity contribution >= 4 is 11.9 Å². The van der Waals surface area contributed by atoms with Crippen molar-refractivity contribution in [2.75, 3.05) is 5.43 Å². The van der Waals surface area contributed by atoms with E-state index in [-0.39, 0.29) is 0 Å². The Kier molecular flexibility index (Phi) is 3.63. The van der Waals surface area contributed by atoms with Crippen molar-refractivity contribution in [3.05, 3.63) is 59.2 Å². The zero-order valence-corrected chi connectivity index (χ0v) is 10.5. The second-order valence-corrected chi connectivity index (χ2v) is 4.24. The molecule has 0 aliphatic heterocycles. The molecule has 18 heavy (non-hydrogen) atoms. The molecule has 3 heteroatoms. The third kappa shape index (κ3) is 2.88. The number of benzene rings is 2. The van der Waals surface area contributed by atoms with Crippen LogP contribution in [0.2, 0.25) is 0 Å². The van der Waals surface area contributed by atoms with Crippen LogP contribution in [-0.2, 0) is 0 Å². The average molecular weight is 240 g/mol. The van der Waals surface area contributed by atoms with Gasteiger partial charge in [-0.3, -0.25) is 5.43 Å². The summed E-state index contributed by atoms with van der Waals surface area (Å²) >= 11 is 0. The van der Waals surface area contributed by atoms with Crippen LogP contribution >= 0.6 is 0 Å². The number of aryl methyl sites for hydroxylation is 2. The summed E-state index contributed by atoms with van der Waals surface area (Å²) in [5.74, 6) is 0.350. The average Bonchev–Trinajstić information content (AvgIpc) is 2.37. The van der Waals surface area contributed by atoms with Gasteiger partial charge in [0.2, 0.25) is 0 Å². The highest BCUT2D eigenvalue weighted by Gasteiger charge is 2.01. The highest BCUT2D eigenvalue weighted by atomic mass is 16.3. The Labute approximate surface area is 107 Å². The topological polar surface area (TPSA) is 44.6 Å². The smallest absolute Gasteiger partial charge is 0.121 e. The van der Waals surface area contributed by atoms with Crippen LogP contribution in [-0.4, -0.2) is 11.3 Å². The molecule has 0 aliphatic rings. The first kappa shape index (κ1) is 12.2. The van der Waals surface area contributed by atoms with Gasteiger partial charge in [0.25, 0.3) is 0 Å². The van der Waals surface area contributed by atoms with E-state index >= 15 is 0 Å². The molecule has 0 aliphatic carbocycles. The van der Waals surface area contributed by atoms with Crippen molar-refractivity contribution in [2.45, 2.75) is 13.8 Å².